The van der Waals surface area contributed by atoms with Gasteiger partial charge in [0.1, 0.15) is 11.2 Å². The maximum absolute atomic E-state index is 6.27. The fourth-order valence-corrected chi connectivity index (χ4v) is 1.82. The Morgan fingerprint density at radius 1 is 0.706 bits per heavy atom. The van der Waals surface area contributed by atoms with Gasteiger partial charge in [-0.2, -0.15) is 0 Å². The van der Waals surface area contributed by atoms with Crippen LogP contribution in [0.25, 0.3) is 0 Å². The highest BCUT2D eigenvalue weighted by Gasteiger charge is 2.38. The van der Waals surface area contributed by atoms with E-state index in [-0.39, 0.29) is 11.8 Å². The minimum absolute atomic E-state index is 0.246. The third-order valence-corrected chi connectivity index (χ3v) is 3.43. The molecule has 0 fully saturated rings. The molecule has 0 spiro atoms. The zero-order chi connectivity index (χ0) is 13.7. The van der Waals surface area contributed by atoms with Crippen molar-refractivity contribution in [2.24, 2.45) is 11.8 Å². The van der Waals surface area contributed by atoms with Gasteiger partial charge in [0, 0.05) is 0 Å². The zero-order valence-corrected chi connectivity index (χ0v) is 11.7. The lowest BCUT2D eigenvalue weighted by molar-refractivity contribution is -0.0985. The Morgan fingerprint density at radius 3 is 1.06 bits per heavy atom. The second-order valence-corrected chi connectivity index (χ2v) is 4.94. The molecule has 0 saturated heterocycles. The Kier molecular flexibility index (Phi) is 5.63. The van der Waals surface area contributed by atoms with E-state index in [1.165, 1.54) is 0 Å². The molecule has 0 aromatic carbocycles. The molecule has 0 aliphatic heterocycles. The van der Waals surface area contributed by atoms with E-state index in [9.17, 15) is 0 Å². The lowest BCUT2D eigenvalue weighted by Gasteiger charge is -2.42. The molecule has 0 unspecified atom stereocenters. The van der Waals surface area contributed by atoms with Crippen molar-refractivity contribution in [2.45, 2.75) is 38.9 Å². The Hall–Kier alpha value is -1.08. The van der Waals surface area contributed by atoms with Crippen LogP contribution in [0.15, 0.2) is 50.6 Å². The summed E-state index contributed by atoms with van der Waals surface area (Å²) in [6.07, 6.45) is 7.20. The van der Waals surface area contributed by atoms with E-state index in [2.05, 4.69) is 54.0 Å². The highest BCUT2D eigenvalue weighted by atomic mass is 16.5. The molecule has 17 heavy (non-hydrogen) atoms. The first-order valence-electron chi connectivity index (χ1n) is 6.08. The van der Waals surface area contributed by atoms with Crippen LogP contribution < -0.4 is 0 Å². The Balaban J connectivity index is 5.48. The minimum Gasteiger partial charge on any atom is -0.352 e. The summed E-state index contributed by atoms with van der Waals surface area (Å²) in [7, 11) is 0. The van der Waals surface area contributed by atoms with Gasteiger partial charge in [-0.15, -0.1) is 0 Å². The molecule has 0 aromatic rings. The molecule has 96 valence electrons. The third-order valence-electron chi connectivity index (χ3n) is 3.43. The average Bonchev–Trinajstić information content (AvgIpc) is 2.31. The summed E-state index contributed by atoms with van der Waals surface area (Å²) in [6, 6.07) is 0. The van der Waals surface area contributed by atoms with E-state index < -0.39 is 11.2 Å². The minimum atomic E-state index is -0.563. The number of hydrogen-bond acceptors (Lipinski definition) is 1. The van der Waals surface area contributed by atoms with Gasteiger partial charge in [0.15, 0.2) is 0 Å². The SMILES string of the molecule is C=CC(C=C)(OC(C=C)(C=C)C(C)C)C(C)C. The standard InChI is InChI=1S/C16H26O/c1-9-15(10-2,13(5)6)17-16(11-3,12-4)14(7)8/h9-14H,1-4H2,5-8H3. The summed E-state index contributed by atoms with van der Waals surface area (Å²) in [4.78, 5) is 0. The molecule has 0 aliphatic rings. The smallest absolute Gasteiger partial charge is 0.108 e. The second-order valence-electron chi connectivity index (χ2n) is 4.94. The van der Waals surface area contributed by atoms with Crippen LogP contribution in [-0.2, 0) is 4.74 Å². The molecule has 0 bridgehead atoms. The molecular formula is C16H26O. The second kappa shape index (κ2) is 6.02. The Bertz CT molecular complexity index is 251. The van der Waals surface area contributed by atoms with Gasteiger partial charge >= 0.3 is 0 Å². The van der Waals surface area contributed by atoms with Crippen LogP contribution in [0.5, 0.6) is 0 Å². The van der Waals surface area contributed by atoms with Crippen LogP contribution in [0, 0.1) is 11.8 Å². The van der Waals surface area contributed by atoms with Gasteiger partial charge in [-0.05, 0) is 11.8 Å². The lowest BCUT2D eigenvalue weighted by Crippen LogP contribution is -2.46. The Labute approximate surface area is 107 Å². The molecule has 0 N–H and O–H groups in total. The van der Waals surface area contributed by atoms with E-state index >= 15 is 0 Å². The molecule has 0 aliphatic carbocycles. The first-order chi connectivity index (χ1) is 7.84. The van der Waals surface area contributed by atoms with Crippen molar-refractivity contribution in [1.82, 2.24) is 0 Å². The van der Waals surface area contributed by atoms with Crippen molar-refractivity contribution < 1.29 is 4.74 Å². The fourth-order valence-electron chi connectivity index (χ4n) is 1.82. The summed E-state index contributed by atoms with van der Waals surface area (Å²) >= 11 is 0. The van der Waals surface area contributed by atoms with Crippen LogP contribution in [0.2, 0.25) is 0 Å². The molecule has 1 heteroatoms. The van der Waals surface area contributed by atoms with Gasteiger partial charge < -0.3 is 4.74 Å². The van der Waals surface area contributed by atoms with E-state index in [1.54, 1.807) is 24.3 Å². The fraction of sp³-hybridized carbons (Fsp3) is 0.500. The average molecular weight is 234 g/mol. The van der Waals surface area contributed by atoms with Gasteiger partial charge in [0.2, 0.25) is 0 Å². The Morgan fingerprint density at radius 2 is 0.941 bits per heavy atom. The summed E-state index contributed by atoms with van der Waals surface area (Å²) in [6.45, 7) is 23.8. The van der Waals surface area contributed by atoms with E-state index in [0.29, 0.717) is 0 Å². The summed E-state index contributed by atoms with van der Waals surface area (Å²) in [5, 5.41) is 0. The van der Waals surface area contributed by atoms with Crippen molar-refractivity contribution in [3.63, 3.8) is 0 Å². The number of ether oxygens (including phenoxy) is 1. The van der Waals surface area contributed by atoms with Gasteiger partial charge in [-0.3, -0.25) is 0 Å². The highest BCUT2D eigenvalue weighted by molar-refractivity contribution is 5.19. The van der Waals surface area contributed by atoms with Crippen molar-refractivity contribution >= 4 is 0 Å². The van der Waals surface area contributed by atoms with Crippen LogP contribution in [0.1, 0.15) is 27.7 Å². The van der Waals surface area contributed by atoms with Crippen molar-refractivity contribution in [2.75, 3.05) is 0 Å². The van der Waals surface area contributed by atoms with Crippen LogP contribution in [0.3, 0.4) is 0 Å². The molecule has 0 heterocycles. The molecule has 0 saturated carbocycles. The number of rotatable bonds is 8. The molecule has 0 aromatic heterocycles. The predicted molar refractivity (Wildman–Crippen MR) is 77.0 cm³/mol. The van der Waals surface area contributed by atoms with Gasteiger partial charge in [0.05, 0.1) is 0 Å². The maximum atomic E-state index is 6.27. The lowest BCUT2D eigenvalue weighted by atomic mass is 9.85. The van der Waals surface area contributed by atoms with Crippen molar-refractivity contribution in [1.29, 1.82) is 0 Å². The largest absolute Gasteiger partial charge is 0.352 e. The van der Waals surface area contributed by atoms with E-state index in [1.807, 2.05) is 0 Å². The third kappa shape index (κ3) is 2.98. The van der Waals surface area contributed by atoms with E-state index in [4.69, 9.17) is 4.74 Å². The predicted octanol–water partition coefficient (Wildman–Crippen LogP) is 4.54. The summed E-state index contributed by atoms with van der Waals surface area (Å²) in [5.41, 5.74) is -1.13. The van der Waals surface area contributed by atoms with Gasteiger partial charge in [-0.25, -0.2) is 0 Å². The van der Waals surface area contributed by atoms with Gasteiger partial charge in [-0.1, -0.05) is 78.3 Å². The highest BCUT2D eigenvalue weighted by Crippen LogP contribution is 2.35. The van der Waals surface area contributed by atoms with Crippen molar-refractivity contribution in [3.8, 4) is 0 Å². The van der Waals surface area contributed by atoms with Crippen LogP contribution >= 0.6 is 0 Å². The molecule has 0 rings (SSSR count). The monoisotopic (exact) mass is 234 g/mol. The quantitative estimate of drug-likeness (QED) is 0.560. The molecular weight excluding hydrogens is 208 g/mol. The van der Waals surface area contributed by atoms with Crippen molar-refractivity contribution in [3.05, 3.63) is 50.6 Å². The molecule has 0 atom stereocenters. The molecule has 1 nitrogen and oxygen atoms in total. The normalized spacial score (nSPS) is 12.6. The molecule has 0 radical (unpaired) electrons. The topological polar surface area (TPSA) is 9.23 Å². The summed E-state index contributed by atoms with van der Waals surface area (Å²) in [5.74, 6) is 0.492. The maximum Gasteiger partial charge on any atom is 0.108 e. The summed E-state index contributed by atoms with van der Waals surface area (Å²) < 4.78 is 6.27. The van der Waals surface area contributed by atoms with Crippen LogP contribution in [-0.4, -0.2) is 11.2 Å². The van der Waals surface area contributed by atoms with Gasteiger partial charge in [0.25, 0.3) is 0 Å². The first-order valence-corrected chi connectivity index (χ1v) is 6.08. The van der Waals surface area contributed by atoms with E-state index in [0.717, 1.165) is 0 Å². The number of hydrogen-bond donors (Lipinski definition) is 0. The zero-order valence-electron chi connectivity index (χ0n) is 11.7. The molecule has 0 amide bonds. The van der Waals surface area contributed by atoms with Crippen LogP contribution in [0.4, 0.5) is 0 Å². The first kappa shape index (κ1) is 15.9.